The van der Waals surface area contributed by atoms with Gasteiger partial charge in [0, 0.05) is 35.6 Å². The summed E-state index contributed by atoms with van der Waals surface area (Å²) >= 11 is 6.23. The average molecular weight is 346 g/mol. The zero-order valence-electron chi connectivity index (χ0n) is 13.5. The Morgan fingerprint density at radius 3 is 2.96 bits per heavy atom. The Bertz CT molecular complexity index is 706. The van der Waals surface area contributed by atoms with Gasteiger partial charge < -0.3 is 15.0 Å². The molecule has 1 saturated heterocycles. The van der Waals surface area contributed by atoms with Crippen molar-refractivity contribution in [1.82, 2.24) is 15.2 Å². The molecular formula is C18H20ClN3O2. The van der Waals surface area contributed by atoms with E-state index in [2.05, 4.69) is 10.3 Å². The molecule has 1 aromatic carbocycles. The molecule has 1 aliphatic rings. The average Bonchev–Trinajstić information content (AvgIpc) is 2.61. The molecule has 2 heterocycles. The predicted molar refractivity (Wildman–Crippen MR) is 92.9 cm³/mol. The number of carbonyl (C=O) groups is 1. The Morgan fingerprint density at radius 2 is 2.21 bits per heavy atom. The van der Waals surface area contributed by atoms with E-state index in [-0.39, 0.29) is 12.1 Å². The number of hydrogen-bond donors (Lipinski definition) is 1. The Hall–Kier alpha value is -2.11. The third-order valence-corrected chi connectivity index (χ3v) is 4.37. The first-order chi connectivity index (χ1) is 11.6. The number of rotatable bonds is 3. The molecule has 6 heteroatoms. The lowest BCUT2D eigenvalue weighted by atomic mass is 10.1. The van der Waals surface area contributed by atoms with Crippen LogP contribution < -0.4 is 5.32 Å². The number of urea groups is 1. The summed E-state index contributed by atoms with van der Waals surface area (Å²) in [5.41, 5.74) is 2.85. The molecule has 1 fully saturated rings. The van der Waals surface area contributed by atoms with E-state index in [4.69, 9.17) is 16.3 Å². The molecule has 0 aliphatic carbocycles. The van der Waals surface area contributed by atoms with Crippen LogP contribution in [0, 0.1) is 6.92 Å². The fourth-order valence-corrected chi connectivity index (χ4v) is 2.91. The van der Waals surface area contributed by atoms with Crippen LogP contribution >= 0.6 is 11.6 Å². The van der Waals surface area contributed by atoms with Crippen molar-refractivity contribution in [3.8, 4) is 0 Å². The number of hydrogen-bond acceptors (Lipinski definition) is 3. The van der Waals surface area contributed by atoms with E-state index in [0.29, 0.717) is 31.3 Å². The topological polar surface area (TPSA) is 54.5 Å². The molecule has 126 valence electrons. The fraction of sp³-hybridized carbons (Fsp3) is 0.333. The minimum absolute atomic E-state index is 0.101. The largest absolute Gasteiger partial charge is 0.370 e. The fourth-order valence-electron chi connectivity index (χ4n) is 2.65. The molecule has 1 atom stereocenters. The molecule has 1 N–H and O–H groups in total. The molecule has 2 amide bonds. The van der Waals surface area contributed by atoms with Gasteiger partial charge >= 0.3 is 6.03 Å². The maximum absolute atomic E-state index is 12.4. The van der Waals surface area contributed by atoms with Crippen LogP contribution in [0.15, 0.2) is 42.6 Å². The lowest BCUT2D eigenvalue weighted by Gasteiger charge is -2.33. The standard InChI is InChI=1S/C18H20ClN3O2/c1-13-6-7-14(10-20-13)11-21-18(23)22-8-9-24-17(12-22)15-4-2-3-5-16(15)19/h2-7,10,17H,8-9,11-12H2,1H3,(H,21,23)/t17-/m1/s1. The number of carbonyl (C=O) groups excluding carboxylic acids is 1. The molecule has 3 rings (SSSR count). The van der Waals surface area contributed by atoms with Crippen molar-refractivity contribution < 1.29 is 9.53 Å². The highest BCUT2D eigenvalue weighted by atomic mass is 35.5. The van der Waals surface area contributed by atoms with E-state index in [1.165, 1.54) is 0 Å². The number of amides is 2. The Balaban J connectivity index is 1.59. The lowest BCUT2D eigenvalue weighted by molar-refractivity contribution is -0.0154. The van der Waals surface area contributed by atoms with E-state index in [9.17, 15) is 4.79 Å². The van der Waals surface area contributed by atoms with Crippen molar-refractivity contribution in [1.29, 1.82) is 0 Å². The van der Waals surface area contributed by atoms with Crippen molar-refractivity contribution in [2.75, 3.05) is 19.7 Å². The second-order valence-corrected chi connectivity index (χ2v) is 6.20. The molecule has 2 aromatic rings. The number of aromatic nitrogens is 1. The van der Waals surface area contributed by atoms with Crippen LogP contribution in [0.3, 0.4) is 0 Å². The van der Waals surface area contributed by atoms with Crippen LogP contribution in [0.5, 0.6) is 0 Å². The summed E-state index contributed by atoms with van der Waals surface area (Å²) in [6.45, 7) is 3.95. The summed E-state index contributed by atoms with van der Waals surface area (Å²) in [6, 6.07) is 11.4. The van der Waals surface area contributed by atoms with Crippen molar-refractivity contribution >= 4 is 17.6 Å². The minimum atomic E-state index is -0.195. The van der Waals surface area contributed by atoms with Crippen LogP contribution in [-0.4, -0.2) is 35.6 Å². The van der Waals surface area contributed by atoms with Crippen molar-refractivity contribution in [2.24, 2.45) is 0 Å². The Kier molecular flexibility index (Phi) is 5.33. The maximum atomic E-state index is 12.4. The molecular weight excluding hydrogens is 326 g/mol. The summed E-state index contributed by atoms with van der Waals surface area (Å²) in [4.78, 5) is 18.4. The predicted octanol–water partition coefficient (Wildman–Crippen LogP) is 3.33. The highest BCUT2D eigenvalue weighted by Crippen LogP contribution is 2.28. The first-order valence-electron chi connectivity index (χ1n) is 7.94. The smallest absolute Gasteiger partial charge is 0.317 e. The molecule has 0 bridgehead atoms. The quantitative estimate of drug-likeness (QED) is 0.928. The van der Waals surface area contributed by atoms with Gasteiger partial charge in [-0.15, -0.1) is 0 Å². The summed E-state index contributed by atoms with van der Waals surface area (Å²) in [5.74, 6) is 0. The van der Waals surface area contributed by atoms with Gasteiger partial charge in [-0.2, -0.15) is 0 Å². The lowest BCUT2D eigenvalue weighted by Crippen LogP contribution is -2.47. The molecule has 1 aliphatic heterocycles. The number of aryl methyl sites for hydroxylation is 1. The maximum Gasteiger partial charge on any atom is 0.317 e. The van der Waals surface area contributed by atoms with Gasteiger partial charge in [0.2, 0.25) is 0 Å². The van der Waals surface area contributed by atoms with Gasteiger partial charge in [0.15, 0.2) is 0 Å². The first kappa shape index (κ1) is 16.7. The zero-order chi connectivity index (χ0) is 16.9. The third-order valence-electron chi connectivity index (χ3n) is 4.02. The van der Waals surface area contributed by atoms with Gasteiger partial charge in [-0.05, 0) is 24.6 Å². The van der Waals surface area contributed by atoms with Gasteiger partial charge in [0.05, 0.1) is 13.2 Å². The highest BCUT2D eigenvalue weighted by molar-refractivity contribution is 6.31. The van der Waals surface area contributed by atoms with Crippen LogP contribution in [0.1, 0.15) is 22.9 Å². The number of halogens is 1. The number of nitrogens with zero attached hydrogens (tertiary/aromatic N) is 2. The van der Waals surface area contributed by atoms with Crippen molar-refractivity contribution in [2.45, 2.75) is 19.6 Å². The van der Waals surface area contributed by atoms with Gasteiger partial charge in [-0.1, -0.05) is 35.9 Å². The molecule has 0 unspecified atom stereocenters. The summed E-state index contributed by atoms with van der Waals surface area (Å²) in [6.07, 6.45) is 1.58. The van der Waals surface area contributed by atoms with E-state index in [1.807, 2.05) is 43.3 Å². The van der Waals surface area contributed by atoms with Crippen LogP contribution in [0.2, 0.25) is 5.02 Å². The molecule has 0 spiro atoms. The third kappa shape index (κ3) is 4.04. The number of morpholine rings is 1. The second-order valence-electron chi connectivity index (χ2n) is 5.79. The summed E-state index contributed by atoms with van der Waals surface area (Å²) < 4.78 is 5.79. The number of benzene rings is 1. The molecule has 5 nitrogen and oxygen atoms in total. The number of ether oxygens (including phenoxy) is 1. The molecule has 24 heavy (non-hydrogen) atoms. The number of nitrogens with one attached hydrogen (secondary N) is 1. The van der Waals surface area contributed by atoms with Crippen molar-refractivity contribution in [3.63, 3.8) is 0 Å². The van der Waals surface area contributed by atoms with E-state index in [0.717, 1.165) is 16.8 Å². The summed E-state index contributed by atoms with van der Waals surface area (Å²) in [7, 11) is 0. The molecule has 0 radical (unpaired) electrons. The highest BCUT2D eigenvalue weighted by Gasteiger charge is 2.26. The number of pyridine rings is 1. The van der Waals surface area contributed by atoms with Gasteiger partial charge in [-0.25, -0.2) is 4.79 Å². The van der Waals surface area contributed by atoms with E-state index < -0.39 is 0 Å². The second kappa shape index (κ2) is 7.64. The monoisotopic (exact) mass is 345 g/mol. The molecule has 1 aromatic heterocycles. The zero-order valence-corrected chi connectivity index (χ0v) is 14.3. The van der Waals surface area contributed by atoms with Gasteiger partial charge in [0.25, 0.3) is 0 Å². The van der Waals surface area contributed by atoms with Crippen LogP contribution in [0.25, 0.3) is 0 Å². The van der Waals surface area contributed by atoms with Crippen LogP contribution in [-0.2, 0) is 11.3 Å². The Morgan fingerprint density at radius 1 is 1.38 bits per heavy atom. The van der Waals surface area contributed by atoms with Crippen LogP contribution in [0.4, 0.5) is 4.79 Å². The molecule has 0 saturated carbocycles. The Labute approximate surface area is 146 Å². The normalized spacial score (nSPS) is 17.6. The van der Waals surface area contributed by atoms with E-state index in [1.54, 1.807) is 11.1 Å². The van der Waals surface area contributed by atoms with Crippen molar-refractivity contribution in [3.05, 3.63) is 64.4 Å². The SMILES string of the molecule is Cc1ccc(CNC(=O)N2CCO[C@@H](c3ccccc3Cl)C2)cn1. The summed E-state index contributed by atoms with van der Waals surface area (Å²) in [5, 5.41) is 3.60. The van der Waals surface area contributed by atoms with E-state index >= 15 is 0 Å². The van der Waals surface area contributed by atoms with Gasteiger partial charge in [0.1, 0.15) is 6.10 Å². The van der Waals surface area contributed by atoms with Gasteiger partial charge in [-0.3, -0.25) is 4.98 Å². The minimum Gasteiger partial charge on any atom is -0.370 e. The first-order valence-corrected chi connectivity index (χ1v) is 8.31.